The van der Waals surface area contributed by atoms with E-state index in [1.54, 1.807) is 20.1 Å². The van der Waals surface area contributed by atoms with Gasteiger partial charge in [0.25, 0.3) is 0 Å². The van der Waals surface area contributed by atoms with Gasteiger partial charge in [0.1, 0.15) is 5.52 Å². The summed E-state index contributed by atoms with van der Waals surface area (Å²) >= 11 is 3.52. The van der Waals surface area contributed by atoms with Crippen LogP contribution in [0.25, 0.3) is 23.1 Å². The first kappa shape index (κ1) is 20.9. The van der Waals surface area contributed by atoms with Gasteiger partial charge in [0.2, 0.25) is 0 Å². The smallest absolute Gasteiger partial charge is 0.310 e. The van der Waals surface area contributed by atoms with Gasteiger partial charge in [0, 0.05) is 11.8 Å². The van der Waals surface area contributed by atoms with E-state index in [-0.39, 0.29) is 5.97 Å². The molecule has 1 heterocycles. The molecule has 0 aliphatic rings. The average Bonchev–Trinajstić information content (AvgIpc) is 2.72. The Hall–Kier alpha value is -2.86. The van der Waals surface area contributed by atoms with Crippen molar-refractivity contribution in [2.75, 3.05) is 13.7 Å². The molecule has 0 aliphatic heterocycles. The molecule has 0 atom stereocenters. The summed E-state index contributed by atoms with van der Waals surface area (Å²) in [5.41, 5.74) is 2.35. The van der Waals surface area contributed by atoms with Gasteiger partial charge < -0.3 is 14.2 Å². The number of carbonyl (C=O) groups is 1. The fraction of sp³-hybridized carbons (Fsp3) is 0.217. The molecule has 150 valence electrons. The van der Waals surface area contributed by atoms with Crippen molar-refractivity contribution in [1.29, 1.82) is 0 Å². The van der Waals surface area contributed by atoms with Gasteiger partial charge in [-0.1, -0.05) is 31.2 Å². The molecule has 5 nitrogen and oxygen atoms in total. The van der Waals surface area contributed by atoms with E-state index in [1.165, 1.54) is 0 Å². The number of ether oxygens (including phenoxy) is 3. The summed E-state index contributed by atoms with van der Waals surface area (Å²) in [6.45, 7) is 4.23. The van der Waals surface area contributed by atoms with Gasteiger partial charge in [-0.3, -0.25) is 4.79 Å². The van der Waals surface area contributed by atoms with Crippen LogP contribution in [0.3, 0.4) is 0 Å². The lowest BCUT2D eigenvalue weighted by Crippen LogP contribution is -2.06. The Morgan fingerprint density at radius 2 is 1.93 bits per heavy atom. The van der Waals surface area contributed by atoms with Crippen molar-refractivity contribution < 1.29 is 19.0 Å². The van der Waals surface area contributed by atoms with Gasteiger partial charge in [-0.25, -0.2) is 4.98 Å². The first-order chi connectivity index (χ1) is 14.0. The second-order valence-electron chi connectivity index (χ2n) is 6.19. The van der Waals surface area contributed by atoms with E-state index in [0.717, 1.165) is 21.1 Å². The Kier molecular flexibility index (Phi) is 6.88. The predicted octanol–water partition coefficient (Wildman–Crippen LogP) is 5.89. The number of carbonyl (C=O) groups excluding carboxylic acids is 1. The number of hydrogen-bond acceptors (Lipinski definition) is 5. The summed E-state index contributed by atoms with van der Waals surface area (Å²) in [6, 6.07) is 13.3. The second kappa shape index (κ2) is 9.56. The molecule has 0 aliphatic carbocycles. The van der Waals surface area contributed by atoms with Crippen molar-refractivity contribution >= 4 is 45.0 Å². The summed E-state index contributed by atoms with van der Waals surface area (Å²) in [5, 5.41) is 0.911. The van der Waals surface area contributed by atoms with Crippen molar-refractivity contribution in [3.05, 3.63) is 58.2 Å². The number of esters is 1. The van der Waals surface area contributed by atoms with Crippen molar-refractivity contribution in [3.8, 4) is 17.2 Å². The maximum atomic E-state index is 11.7. The number of rotatable bonds is 7. The van der Waals surface area contributed by atoms with Gasteiger partial charge in [0.15, 0.2) is 17.2 Å². The van der Waals surface area contributed by atoms with Crippen LogP contribution in [0, 0.1) is 0 Å². The molecule has 29 heavy (non-hydrogen) atoms. The van der Waals surface area contributed by atoms with Crippen LogP contribution in [-0.4, -0.2) is 24.7 Å². The van der Waals surface area contributed by atoms with Crippen LogP contribution in [0.5, 0.6) is 17.2 Å². The second-order valence-corrected chi connectivity index (χ2v) is 7.05. The fourth-order valence-corrected chi connectivity index (χ4v) is 3.45. The third kappa shape index (κ3) is 4.95. The maximum absolute atomic E-state index is 11.7. The predicted molar refractivity (Wildman–Crippen MR) is 118 cm³/mol. The summed E-state index contributed by atoms with van der Waals surface area (Å²) in [4.78, 5) is 16.4. The molecule has 0 amide bonds. The SMILES string of the molecule is CCOc1cc(/C=C/c2ccc3cccc(OC(=O)CC)c3n2)cc(Br)c1OC. The standard InChI is InChI=1S/C23H22BrNO4/c1-4-21(26)29-19-8-6-7-16-10-12-17(25-22(16)19)11-9-15-13-18(24)23(27-3)20(14-15)28-5-2/h6-14H,4-5H2,1-3H3/b11-9+. The Morgan fingerprint density at radius 3 is 2.66 bits per heavy atom. The number of nitrogens with zero attached hydrogens (tertiary/aromatic N) is 1. The Bertz CT molecular complexity index is 1060. The van der Waals surface area contributed by atoms with Crippen LogP contribution >= 0.6 is 15.9 Å². The quantitative estimate of drug-likeness (QED) is 0.328. The molecule has 0 saturated carbocycles. The van der Waals surface area contributed by atoms with Gasteiger partial charge in [-0.2, -0.15) is 0 Å². The van der Waals surface area contributed by atoms with E-state index < -0.39 is 0 Å². The van der Waals surface area contributed by atoms with Crippen molar-refractivity contribution in [1.82, 2.24) is 4.98 Å². The first-order valence-corrected chi connectivity index (χ1v) is 10.1. The van der Waals surface area contributed by atoms with Gasteiger partial charge >= 0.3 is 5.97 Å². The van der Waals surface area contributed by atoms with Crippen LogP contribution in [0.4, 0.5) is 0 Å². The van der Waals surface area contributed by atoms with Gasteiger partial charge in [0.05, 0.1) is 23.9 Å². The highest BCUT2D eigenvalue weighted by molar-refractivity contribution is 9.10. The van der Waals surface area contributed by atoms with E-state index in [4.69, 9.17) is 14.2 Å². The average molecular weight is 456 g/mol. The zero-order chi connectivity index (χ0) is 20.8. The van der Waals surface area contributed by atoms with E-state index in [1.807, 2.05) is 55.5 Å². The molecule has 0 spiro atoms. The minimum Gasteiger partial charge on any atom is -0.492 e. The number of benzene rings is 2. The lowest BCUT2D eigenvalue weighted by Gasteiger charge is -2.12. The lowest BCUT2D eigenvalue weighted by atomic mass is 10.1. The molecular weight excluding hydrogens is 434 g/mol. The fourth-order valence-electron chi connectivity index (χ4n) is 2.83. The van der Waals surface area contributed by atoms with E-state index in [2.05, 4.69) is 20.9 Å². The Morgan fingerprint density at radius 1 is 1.10 bits per heavy atom. The summed E-state index contributed by atoms with van der Waals surface area (Å²) < 4.78 is 17.3. The van der Waals surface area contributed by atoms with Crippen LogP contribution in [0.15, 0.2) is 46.9 Å². The number of halogens is 1. The molecule has 0 N–H and O–H groups in total. The lowest BCUT2D eigenvalue weighted by molar-refractivity contribution is -0.133. The molecule has 0 saturated heterocycles. The van der Waals surface area contributed by atoms with Crippen LogP contribution in [-0.2, 0) is 4.79 Å². The highest BCUT2D eigenvalue weighted by Crippen LogP contribution is 2.37. The van der Waals surface area contributed by atoms with Crippen LogP contribution in [0.1, 0.15) is 31.5 Å². The first-order valence-electron chi connectivity index (χ1n) is 9.34. The van der Waals surface area contributed by atoms with Gasteiger partial charge in [-0.05, 0) is 58.8 Å². The highest BCUT2D eigenvalue weighted by atomic mass is 79.9. The summed E-state index contributed by atoms with van der Waals surface area (Å²) in [7, 11) is 1.61. The minimum atomic E-state index is -0.285. The number of hydrogen-bond donors (Lipinski definition) is 0. The van der Waals surface area contributed by atoms with Crippen molar-refractivity contribution in [2.45, 2.75) is 20.3 Å². The van der Waals surface area contributed by atoms with E-state index in [0.29, 0.717) is 35.8 Å². The topological polar surface area (TPSA) is 57.7 Å². The van der Waals surface area contributed by atoms with E-state index in [9.17, 15) is 4.79 Å². The van der Waals surface area contributed by atoms with Gasteiger partial charge in [-0.15, -0.1) is 0 Å². The number of para-hydroxylation sites is 1. The molecule has 6 heteroatoms. The van der Waals surface area contributed by atoms with Crippen LogP contribution in [0.2, 0.25) is 0 Å². The van der Waals surface area contributed by atoms with Crippen LogP contribution < -0.4 is 14.2 Å². The molecular formula is C23H22BrNO4. The monoisotopic (exact) mass is 455 g/mol. The molecule has 0 bridgehead atoms. The summed E-state index contributed by atoms with van der Waals surface area (Å²) in [6.07, 6.45) is 4.16. The summed E-state index contributed by atoms with van der Waals surface area (Å²) in [5.74, 6) is 1.52. The highest BCUT2D eigenvalue weighted by Gasteiger charge is 2.11. The normalized spacial score (nSPS) is 11.0. The number of fused-ring (bicyclic) bond motifs is 1. The number of methoxy groups -OCH3 is 1. The molecule has 0 unspecified atom stereocenters. The molecule has 1 aromatic heterocycles. The maximum Gasteiger partial charge on any atom is 0.310 e. The third-order valence-electron chi connectivity index (χ3n) is 4.20. The number of aromatic nitrogens is 1. The Labute approximate surface area is 178 Å². The molecule has 3 aromatic rings. The third-order valence-corrected chi connectivity index (χ3v) is 4.79. The molecule has 0 fully saturated rings. The molecule has 2 aromatic carbocycles. The number of pyridine rings is 1. The zero-order valence-electron chi connectivity index (χ0n) is 16.6. The largest absolute Gasteiger partial charge is 0.492 e. The van der Waals surface area contributed by atoms with Crippen molar-refractivity contribution in [2.24, 2.45) is 0 Å². The zero-order valence-corrected chi connectivity index (χ0v) is 18.2. The molecule has 0 radical (unpaired) electrons. The van der Waals surface area contributed by atoms with E-state index >= 15 is 0 Å². The Balaban J connectivity index is 1.94. The molecule has 3 rings (SSSR count). The van der Waals surface area contributed by atoms with Crippen molar-refractivity contribution in [3.63, 3.8) is 0 Å². The minimum absolute atomic E-state index is 0.285.